The van der Waals surface area contributed by atoms with Crippen molar-refractivity contribution in [2.24, 2.45) is 0 Å². The summed E-state index contributed by atoms with van der Waals surface area (Å²) in [6.45, 7) is 0. The summed E-state index contributed by atoms with van der Waals surface area (Å²) in [6.07, 6.45) is -5.84. The van der Waals surface area contributed by atoms with Crippen LogP contribution in [0.15, 0.2) is 35.5 Å². The van der Waals surface area contributed by atoms with E-state index in [-0.39, 0.29) is 0 Å². The van der Waals surface area contributed by atoms with E-state index in [1.165, 1.54) is 18.2 Å². The molecular formula is C13H5F5N4. The number of benzene rings is 1. The Morgan fingerprint density at radius 3 is 1.91 bits per heavy atom. The van der Waals surface area contributed by atoms with E-state index in [0.29, 0.717) is 6.07 Å². The molecule has 9 heteroatoms. The Morgan fingerprint density at radius 1 is 0.909 bits per heavy atom. The highest BCUT2D eigenvalue weighted by atomic mass is 19.4. The van der Waals surface area contributed by atoms with Crippen LogP contribution < -0.4 is 5.32 Å². The van der Waals surface area contributed by atoms with E-state index in [2.05, 4.69) is 0 Å². The van der Waals surface area contributed by atoms with Gasteiger partial charge in [-0.1, -0.05) is 18.2 Å². The number of hydrogen-bond donors (Lipinski definition) is 1. The van der Waals surface area contributed by atoms with E-state index in [1.807, 2.05) is 5.32 Å². The molecule has 0 saturated carbocycles. The highest BCUT2D eigenvalue weighted by Gasteiger charge is 2.59. The summed E-state index contributed by atoms with van der Waals surface area (Å²) in [7, 11) is 0. The van der Waals surface area contributed by atoms with Gasteiger partial charge in [0, 0.05) is 5.69 Å². The first-order chi connectivity index (χ1) is 10.2. The molecule has 0 atom stereocenters. The molecule has 0 saturated heterocycles. The number of para-hydroxylation sites is 1. The van der Waals surface area contributed by atoms with Crippen molar-refractivity contribution in [3.8, 4) is 18.2 Å². The first-order valence-corrected chi connectivity index (χ1v) is 5.44. The zero-order valence-electron chi connectivity index (χ0n) is 10.5. The normalized spacial score (nSPS) is 10.8. The lowest BCUT2D eigenvalue weighted by Crippen LogP contribution is -2.34. The summed E-state index contributed by atoms with van der Waals surface area (Å²) in [5.74, 6) is -5.17. The molecule has 0 heterocycles. The lowest BCUT2D eigenvalue weighted by molar-refractivity contribution is -0.289. The van der Waals surface area contributed by atoms with Gasteiger partial charge in [-0.15, -0.1) is 0 Å². The Kier molecular flexibility index (Phi) is 4.70. The molecule has 0 fully saturated rings. The largest absolute Gasteiger partial charge is 0.458 e. The van der Waals surface area contributed by atoms with Gasteiger partial charge in [-0.05, 0) is 6.07 Å². The summed E-state index contributed by atoms with van der Waals surface area (Å²) >= 11 is 0. The Morgan fingerprint density at radius 2 is 1.45 bits per heavy atom. The van der Waals surface area contributed by atoms with Crippen LogP contribution in [0.2, 0.25) is 0 Å². The summed E-state index contributed by atoms with van der Waals surface area (Å²) < 4.78 is 64.2. The van der Waals surface area contributed by atoms with Crippen LogP contribution in [0.25, 0.3) is 0 Å². The molecule has 0 unspecified atom stereocenters. The first kappa shape index (κ1) is 16.9. The molecule has 0 aliphatic rings. The second-order valence-corrected chi connectivity index (χ2v) is 3.83. The molecule has 0 bridgehead atoms. The van der Waals surface area contributed by atoms with Crippen LogP contribution in [-0.4, -0.2) is 6.18 Å². The third-order valence-electron chi connectivity index (χ3n) is 2.47. The van der Waals surface area contributed by atoms with Gasteiger partial charge in [0.1, 0.15) is 23.9 Å². The van der Waals surface area contributed by atoms with Crippen LogP contribution >= 0.6 is 0 Å². The van der Waals surface area contributed by atoms with Crippen molar-refractivity contribution in [3.63, 3.8) is 0 Å². The third-order valence-corrected chi connectivity index (χ3v) is 2.47. The van der Waals surface area contributed by atoms with E-state index in [4.69, 9.17) is 15.8 Å². The molecule has 0 aromatic heterocycles. The minimum Gasteiger partial charge on any atom is -0.345 e. The number of hydrogen-bond acceptors (Lipinski definition) is 4. The third kappa shape index (κ3) is 3.13. The van der Waals surface area contributed by atoms with Gasteiger partial charge in [0.15, 0.2) is 5.57 Å². The minimum absolute atomic E-state index is 0.531. The zero-order valence-corrected chi connectivity index (χ0v) is 10.5. The van der Waals surface area contributed by atoms with Gasteiger partial charge in [-0.3, -0.25) is 0 Å². The monoisotopic (exact) mass is 312 g/mol. The SMILES string of the molecule is N#CC(C#N)=C(C#N)Nc1ccccc1C(F)(F)C(F)(F)F. The number of rotatable bonds is 3. The van der Waals surface area contributed by atoms with Gasteiger partial charge in [0.05, 0.1) is 5.56 Å². The number of nitrogens with one attached hydrogen (secondary N) is 1. The highest BCUT2D eigenvalue weighted by Crippen LogP contribution is 2.46. The van der Waals surface area contributed by atoms with Gasteiger partial charge in [-0.25, -0.2) is 0 Å². The van der Waals surface area contributed by atoms with E-state index in [0.717, 1.165) is 18.2 Å². The summed E-state index contributed by atoms with van der Waals surface area (Å²) in [5, 5.41) is 28.0. The number of halogens is 5. The Hall–Kier alpha value is -3.12. The maximum atomic E-state index is 13.4. The van der Waals surface area contributed by atoms with Gasteiger partial charge < -0.3 is 5.32 Å². The van der Waals surface area contributed by atoms with E-state index in [9.17, 15) is 22.0 Å². The number of allylic oxidation sites excluding steroid dienone is 2. The first-order valence-electron chi connectivity index (χ1n) is 5.44. The minimum atomic E-state index is -5.84. The Labute approximate surface area is 121 Å². The van der Waals surface area contributed by atoms with Gasteiger partial charge in [-0.2, -0.15) is 37.7 Å². The average Bonchev–Trinajstić information content (AvgIpc) is 2.46. The molecule has 22 heavy (non-hydrogen) atoms. The molecule has 0 spiro atoms. The molecule has 0 aliphatic heterocycles. The topological polar surface area (TPSA) is 83.4 Å². The Balaban J connectivity index is 3.44. The molecule has 0 aliphatic carbocycles. The lowest BCUT2D eigenvalue weighted by Gasteiger charge is -2.22. The fourth-order valence-electron chi connectivity index (χ4n) is 1.44. The van der Waals surface area contributed by atoms with E-state index in [1.54, 1.807) is 0 Å². The predicted octanol–water partition coefficient (Wildman–Crippen LogP) is 3.58. The van der Waals surface area contributed by atoms with Crippen molar-refractivity contribution in [2.45, 2.75) is 12.1 Å². The summed E-state index contributed by atoms with van der Waals surface area (Å²) in [4.78, 5) is 0. The molecule has 1 N–H and O–H groups in total. The van der Waals surface area contributed by atoms with Crippen LogP contribution in [0.3, 0.4) is 0 Å². The summed E-state index contributed by atoms with van der Waals surface area (Å²) in [6, 6.07) is 7.56. The molecule has 112 valence electrons. The van der Waals surface area contributed by atoms with Gasteiger partial charge in [0.2, 0.25) is 0 Å². The van der Waals surface area contributed by atoms with Crippen molar-refractivity contribution in [2.75, 3.05) is 5.32 Å². The summed E-state index contributed by atoms with van der Waals surface area (Å²) in [5.41, 5.74) is -3.63. The molecule has 1 rings (SSSR count). The maximum Gasteiger partial charge on any atom is 0.458 e. The van der Waals surface area contributed by atoms with Crippen molar-refractivity contribution in [1.82, 2.24) is 0 Å². The molecule has 1 aromatic rings. The van der Waals surface area contributed by atoms with Crippen LogP contribution in [-0.2, 0) is 5.92 Å². The molecule has 4 nitrogen and oxygen atoms in total. The standard InChI is InChI=1S/C13H5F5N4/c14-12(15,13(16,17)18)9-3-1-2-4-10(9)22-11(7-21)8(5-19)6-20/h1-4,22H. The fourth-order valence-corrected chi connectivity index (χ4v) is 1.44. The second-order valence-electron chi connectivity index (χ2n) is 3.83. The second kappa shape index (κ2) is 6.11. The van der Waals surface area contributed by atoms with Crippen molar-refractivity contribution < 1.29 is 22.0 Å². The number of anilines is 1. The van der Waals surface area contributed by atoms with Crippen LogP contribution in [0.5, 0.6) is 0 Å². The fraction of sp³-hybridized carbons (Fsp3) is 0.154. The van der Waals surface area contributed by atoms with Crippen LogP contribution in [0, 0.1) is 34.0 Å². The van der Waals surface area contributed by atoms with Crippen molar-refractivity contribution in [3.05, 3.63) is 41.1 Å². The lowest BCUT2D eigenvalue weighted by atomic mass is 10.1. The van der Waals surface area contributed by atoms with Crippen LogP contribution in [0.1, 0.15) is 5.56 Å². The van der Waals surface area contributed by atoms with E-state index >= 15 is 0 Å². The van der Waals surface area contributed by atoms with E-state index < -0.39 is 34.6 Å². The number of nitriles is 3. The van der Waals surface area contributed by atoms with Crippen molar-refractivity contribution in [1.29, 1.82) is 15.8 Å². The highest BCUT2D eigenvalue weighted by molar-refractivity contribution is 5.62. The molecule has 0 amide bonds. The predicted molar refractivity (Wildman–Crippen MR) is 63.9 cm³/mol. The molecule has 1 aromatic carbocycles. The zero-order chi connectivity index (χ0) is 17.0. The Bertz CT molecular complexity index is 713. The quantitative estimate of drug-likeness (QED) is 0.683. The maximum absolute atomic E-state index is 13.4. The number of alkyl halides is 5. The molecular weight excluding hydrogens is 307 g/mol. The van der Waals surface area contributed by atoms with Gasteiger partial charge in [0.25, 0.3) is 0 Å². The number of nitrogens with zero attached hydrogens (tertiary/aromatic N) is 3. The van der Waals surface area contributed by atoms with Crippen LogP contribution in [0.4, 0.5) is 27.6 Å². The average molecular weight is 312 g/mol. The molecule has 0 radical (unpaired) electrons. The van der Waals surface area contributed by atoms with Gasteiger partial charge >= 0.3 is 12.1 Å². The smallest absolute Gasteiger partial charge is 0.345 e. The van der Waals surface area contributed by atoms with Crippen molar-refractivity contribution >= 4 is 5.69 Å².